The molecule has 9 heteroatoms. The van der Waals surface area contributed by atoms with Gasteiger partial charge in [-0.25, -0.2) is 8.42 Å². The summed E-state index contributed by atoms with van der Waals surface area (Å²) < 4.78 is 32.9. The Hall–Kier alpha value is -3.07. The second-order valence-electron chi connectivity index (χ2n) is 13.6. The van der Waals surface area contributed by atoms with E-state index in [9.17, 15) is 18.0 Å². The number of carbonyl (C=O) groups is 2. The summed E-state index contributed by atoms with van der Waals surface area (Å²) in [6, 6.07) is 14.5. The number of rotatable bonds is 13. The fourth-order valence-electron chi connectivity index (χ4n) is 8.39. The maximum atomic E-state index is 14.1. The van der Waals surface area contributed by atoms with Gasteiger partial charge in [0.05, 0.1) is 19.1 Å². The topological polar surface area (TPSA) is 96.0 Å². The highest BCUT2D eigenvalue weighted by atomic mass is 32.2. The number of methoxy groups -OCH3 is 1. The Kier molecular flexibility index (Phi) is 9.64. The predicted molar refractivity (Wildman–Crippen MR) is 174 cm³/mol. The monoisotopic (exact) mass is 623 g/mol. The van der Waals surface area contributed by atoms with Crippen molar-refractivity contribution in [2.45, 2.75) is 96.2 Å². The lowest BCUT2D eigenvalue weighted by molar-refractivity contribution is -0.140. The van der Waals surface area contributed by atoms with Crippen LogP contribution in [0.1, 0.15) is 83.3 Å². The number of hydrogen-bond acceptors (Lipinski definition) is 5. The molecule has 1 N–H and O–H groups in total. The summed E-state index contributed by atoms with van der Waals surface area (Å²) in [5.74, 6) is 2.39. The molecule has 4 saturated carbocycles. The molecule has 4 aliphatic carbocycles. The van der Waals surface area contributed by atoms with Crippen LogP contribution in [0.25, 0.3) is 0 Å². The molecule has 0 saturated heterocycles. The molecule has 0 spiro atoms. The van der Waals surface area contributed by atoms with Crippen LogP contribution in [-0.4, -0.2) is 57.1 Å². The number of amides is 2. The first kappa shape index (κ1) is 32.3. The van der Waals surface area contributed by atoms with Crippen molar-refractivity contribution in [3.63, 3.8) is 0 Å². The Labute approximate surface area is 263 Å². The first-order valence-electron chi connectivity index (χ1n) is 16.3. The predicted octanol–water partition coefficient (Wildman–Crippen LogP) is 5.65. The van der Waals surface area contributed by atoms with Gasteiger partial charge in [0.2, 0.25) is 21.8 Å². The minimum atomic E-state index is -3.80. The van der Waals surface area contributed by atoms with Gasteiger partial charge in [0.1, 0.15) is 18.3 Å². The molecular weight excluding hydrogens is 574 g/mol. The van der Waals surface area contributed by atoms with Crippen molar-refractivity contribution in [3.8, 4) is 5.75 Å². The minimum Gasteiger partial charge on any atom is -0.497 e. The average Bonchev–Trinajstić information content (AvgIpc) is 2.98. The molecule has 8 nitrogen and oxygen atoms in total. The van der Waals surface area contributed by atoms with Crippen molar-refractivity contribution < 1.29 is 22.7 Å². The third-order valence-corrected chi connectivity index (χ3v) is 11.5. The summed E-state index contributed by atoms with van der Waals surface area (Å²) >= 11 is 0. The highest BCUT2D eigenvalue weighted by Crippen LogP contribution is 2.60. The number of carbonyl (C=O) groups excluding carboxylic acids is 2. The van der Waals surface area contributed by atoms with Crippen LogP contribution in [0.4, 0.5) is 5.69 Å². The number of anilines is 1. The van der Waals surface area contributed by atoms with Crippen LogP contribution < -0.4 is 14.4 Å². The summed E-state index contributed by atoms with van der Waals surface area (Å²) in [5.41, 5.74) is 2.75. The van der Waals surface area contributed by atoms with Gasteiger partial charge in [0, 0.05) is 12.6 Å². The molecule has 2 amide bonds. The van der Waals surface area contributed by atoms with E-state index in [1.165, 1.54) is 53.3 Å². The van der Waals surface area contributed by atoms with Crippen LogP contribution in [-0.2, 0) is 31.6 Å². The molecular formula is C35H49N3O5S. The summed E-state index contributed by atoms with van der Waals surface area (Å²) in [7, 11) is -2.22. The van der Waals surface area contributed by atoms with Crippen molar-refractivity contribution in [1.82, 2.24) is 10.2 Å². The molecule has 0 aromatic heterocycles. The normalized spacial score (nSPS) is 25.2. The fraction of sp³-hybridized carbons (Fsp3) is 0.600. The maximum Gasteiger partial charge on any atom is 0.244 e. The third-order valence-electron chi connectivity index (χ3n) is 10.4. The SMILES string of the molecule is CC[C@@H](C)NC(=O)[C@H](CC)N(Cc1cccc(OC)c1)C(=O)CN(c1ccc(C23CC4CC(CC(C4)C2)C3)cc1)S(C)(=O)=O. The second-order valence-corrected chi connectivity index (χ2v) is 15.5. The van der Waals surface area contributed by atoms with Gasteiger partial charge in [-0.3, -0.25) is 13.9 Å². The van der Waals surface area contributed by atoms with E-state index < -0.39 is 28.5 Å². The Morgan fingerprint density at radius 3 is 2.11 bits per heavy atom. The standard InChI is InChI=1S/C35H49N3O5S/c1-6-24(3)36-34(40)32(7-2)37(22-25-9-8-10-31(18-25)43-4)33(39)23-38(44(5,41)42)30-13-11-29(12-14-30)35-19-26-15-27(20-35)17-28(16-26)21-35/h8-14,18,24,26-28,32H,6-7,15-17,19-23H2,1-5H3,(H,36,40)/t24-,26?,27?,28?,32+,35?/m1/s1. The lowest BCUT2D eigenvalue weighted by Gasteiger charge is -2.57. The summed E-state index contributed by atoms with van der Waals surface area (Å²) in [4.78, 5) is 29.0. The van der Waals surface area contributed by atoms with Crippen LogP contribution in [0, 0.1) is 17.8 Å². The van der Waals surface area contributed by atoms with E-state index in [0.29, 0.717) is 17.9 Å². The van der Waals surface area contributed by atoms with Crippen LogP contribution in [0.3, 0.4) is 0 Å². The Morgan fingerprint density at radius 1 is 0.977 bits per heavy atom. The molecule has 2 aromatic carbocycles. The van der Waals surface area contributed by atoms with Crippen LogP contribution in [0.5, 0.6) is 5.75 Å². The minimum absolute atomic E-state index is 0.0506. The number of ether oxygens (including phenoxy) is 1. The molecule has 2 atom stereocenters. The smallest absolute Gasteiger partial charge is 0.244 e. The average molecular weight is 624 g/mol. The second kappa shape index (κ2) is 13.1. The van der Waals surface area contributed by atoms with E-state index in [0.717, 1.165) is 36.0 Å². The summed E-state index contributed by atoms with van der Waals surface area (Å²) in [6.45, 7) is 5.53. The molecule has 2 aromatic rings. The molecule has 0 aliphatic heterocycles. The van der Waals surface area contributed by atoms with Gasteiger partial charge >= 0.3 is 0 Å². The first-order chi connectivity index (χ1) is 20.9. The number of hydrogen-bond donors (Lipinski definition) is 1. The summed E-state index contributed by atoms with van der Waals surface area (Å²) in [6.07, 6.45) is 10.0. The van der Waals surface area contributed by atoms with E-state index in [1.54, 1.807) is 7.11 Å². The number of benzene rings is 2. The number of nitrogens with zero attached hydrogens (tertiary/aromatic N) is 2. The van der Waals surface area contributed by atoms with Crippen molar-refractivity contribution in [1.29, 1.82) is 0 Å². The molecule has 0 radical (unpaired) electrons. The molecule has 0 heterocycles. The van der Waals surface area contributed by atoms with Gasteiger partial charge in [-0.05, 0) is 117 Å². The van der Waals surface area contributed by atoms with Gasteiger partial charge in [0.25, 0.3) is 0 Å². The molecule has 44 heavy (non-hydrogen) atoms. The highest BCUT2D eigenvalue weighted by molar-refractivity contribution is 7.92. The van der Waals surface area contributed by atoms with Gasteiger partial charge < -0.3 is 15.0 Å². The zero-order valence-electron chi connectivity index (χ0n) is 26.9. The molecule has 240 valence electrons. The molecule has 4 fully saturated rings. The van der Waals surface area contributed by atoms with Crippen molar-refractivity contribution in [2.75, 3.05) is 24.2 Å². The quantitative estimate of drug-likeness (QED) is 0.311. The zero-order chi connectivity index (χ0) is 31.6. The summed E-state index contributed by atoms with van der Waals surface area (Å²) in [5, 5.41) is 3.01. The van der Waals surface area contributed by atoms with E-state index in [1.807, 2.05) is 57.2 Å². The first-order valence-corrected chi connectivity index (χ1v) is 18.1. The molecule has 4 bridgehead atoms. The van der Waals surface area contributed by atoms with Crippen LogP contribution >= 0.6 is 0 Å². The van der Waals surface area contributed by atoms with Gasteiger partial charge in [-0.1, -0.05) is 38.1 Å². The van der Waals surface area contributed by atoms with E-state index in [4.69, 9.17) is 4.74 Å². The van der Waals surface area contributed by atoms with E-state index in [2.05, 4.69) is 17.4 Å². The van der Waals surface area contributed by atoms with Crippen molar-refractivity contribution in [3.05, 3.63) is 59.7 Å². The van der Waals surface area contributed by atoms with Gasteiger partial charge in [-0.15, -0.1) is 0 Å². The largest absolute Gasteiger partial charge is 0.497 e. The number of nitrogens with one attached hydrogen (secondary N) is 1. The van der Waals surface area contributed by atoms with Gasteiger partial charge in [0.15, 0.2) is 0 Å². The Morgan fingerprint density at radius 2 is 1.59 bits per heavy atom. The Balaban J connectivity index is 1.41. The highest BCUT2D eigenvalue weighted by Gasteiger charge is 2.51. The zero-order valence-corrected chi connectivity index (χ0v) is 27.7. The van der Waals surface area contributed by atoms with Crippen molar-refractivity contribution >= 4 is 27.5 Å². The van der Waals surface area contributed by atoms with E-state index in [-0.39, 0.29) is 23.9 Å². The fourth-order valence-corrected chi connectivity index (χ4v) is 9.24. The lowest BCUT2D eigenvalue weighted by Crippen LogP contribution is -2.53. The third kappa shape index (κ3) is 6.93. The van der Waals surface area contributed by atoms with Gasteiger partial charge in [-0.2, -0.15) is 0 Å². The van der Waals surface area contributed by atoms with Crippen molar-refractivity contribution in [2.24, 2.45) is 17.8 Å². The maximum absolute atomic E-state index is 14.1. The number of sulfonamides is 1. The molecule has 6 rings (SSSR count). The van der Waals surface area contributed by atoms with Crippen LogP contribution in [0.15, 0.2) is 48.5 Å². The van der Waals surface area contributed by atoms with E-state index >= 15 is 0 Å². The lowest BCUT2D eigenvalue weighted by atomic mass is 9.48. The molecule has 4 aliphatic rings. The molecule has 0 unspecified atom stereocenters. The Bertz CT molecular complexity index is 1410. The van der Waals surface area contributed by atoms with Crippen LogP contribution in [0.2, 0.25) is 0 Å².